The molecule has 0 amide bonds. The molecule has 0 unspecified atom stereocenters. The molecule has 0 saturated heterocycles. The van der Waals surface area contributed by atoms with E-state index in [0.717, 1.165) is 31.2 Å². The Morgan fingerprint density at radius 2 is 1.81 bits per heavy atom. The molecule has 7 heteroatoms. The van der Waals surface area contributed by atoms with Crippen LogP contribution < -0.4 is 10.6 Å². The third kappa shape index (κ3) is 6.21. The third-order valence-corrected chi connectivity index (χ3v) is 3.89. The molecular weight excluding hydrogens is 439 g/mol. The van der Waals surface area contributed by atoms with Gasteiger partial charge < -0.3 is 15.2 Å². The number of halogens is 1. The van der Waals surface area contributed by atoms with Gasteiger partial charge in [-0.15, -0.1) is 24.0 Å². The quantitative estimate of drug-likeness (QED) is 0.321. The van der Waals surface area contributed by atoms with Crippen LogP contribution in [0.5, 0.6) is 0 Å². The van der Waals surface area contributed by atoms with Gasteiger partial charge in [0.05, 0.1) is 12.7 Å². The van der Waals surface area contributed by atoms with E-state index in [1.165, 1.54) is 5.56 Å². The van der Waals surface area contributed by atoms with E-state index < -0.39 is 0 Å². The van der Waals surface area contributed by atoms with Crippen LogP contribution in [-0.4, -0.2) is 33.9 Å². The Hall–Kier alpha value is -2.29. The van der Waals surface area contributed by atoms with Crippen LogP contribution in [0.15, 0.2) is 72.2 Å². The highest BCUT2D eigenvalue weighted by atomic mass is 127. The van der Waals surface area contributed by atoms with Gasteiger partial charge in [-0.2, -0.15) is 5.10 Å². The summed E-state index contributed by atoms with van der Waals surface area (Å²) in [7, 11) is 1.78. The first kappa shape index (κ1) is 20.0. The number of nitrogens with one attached hydrogen (secondary N) is 2. The van der Waals surface area contributed by atoms with Crippen molar-refractivity contribution in [3.63, 3.8) is 0 Å². The second-order valence-corrected chi connectivity index (χ2v) is 5.81. The summed E-state index contributed by atoms with van der Waals surface area (Å²) in [5.74, 6) is 0.794. The summed E-state index contributed by atoms with van der Waals surface area (Å²) < 4.78 is 4.09. The number of aromatic nitrogens is 3. The molecule has 1 aromatic carbocycles. The maximum Gasteiger partial charge on any atom is 0.191 e. The average molecular weight is 464 g/mol. The van der Waals surface area contributed by atoms with Gasteiger partial charge in [-0.1, -0.05) is 30.3 Å². The van der Waals surface area contributed by atoms with Crippen LogP contribution in [0.2, 0.25) is 0 Å². The minimum absolute atomic E-state index is 0. The maximum atomic E-state index is 4.42. The number of benzene rings is 1. The molecule has 0 radical (unpaired) electrons. The van der Waals surface area contributed by atoms with Crippen LogP contribution in [0.25, 0.3) is 0 Å². The molecule has 0 atom stereocenters. The Balaban J connectivity index is 0.00000243. The molecule has 6 nitrogen and oxygen atoms in total. The van der Waals surface area contributed by atoms with Crippen molar-refractivity contribution in [2.75, 3.05) is 13.6 Å². The molecule has 0 bridgehead atoms. The molecule has 0 aliphatic heterocycles. The Labute approximate surface area is 171 Å². The zero-order valence-electron chi connectivity index (χ0n) is 14.9. The smallest absolute Gasteiger partial charge is 0.191 e. The van der Waals surface area contributed by atoms with Gasteiger partial charge in [0.25, 0.3) is 0 Å². The molecule has 0 spiro atoms. The predicted octanol–water partition coefficient (Wildman–Crippen LogP) is 2.72. The summed E-state index contributed by atoms with van der Waals surface area (Å²) in [4.78, 5) is 4.25. The van der Waals surface area contributed by atoms with E-state index in [1.54, 1.807) is 7.05 Å². The standard InChI is InChI=1S/C19H24N6.HI/c1-20-19(21-9-12-24-10-5-6-11-24)22-13-18-14-23-25(16-18)15-17-7-3-2-4-8-17;/h2-8,10-11,14,16H,9,12-13,15H2,1H3,(H2,20,21,22);1H. The molecular formula is C19H25IN6. The minimum atomic E-state index is 0. The van der Waals surface area contributed by atoms with Gasteiger partial charge in [0.2, 0.25) is 0 Å². The molecule has 3 rings (SSSR count). The lowest BCUT2D eigenvalue weighted by atomic mass is 10.2. The molecule has 3 aromatic rings. The number of hydrogen-bond acceptors (Lipinski definition) is 2. The first-order valence-electron chi connectivity index (χ1n) is 8.44. The highest BCUT2D eigenvalue weighted by molar-refractivity contribution is 14.0. The largest absolute Gasteiger partial charge is 0.355 e. The number of rotatable bonds is 7. The van der Waals surface area contributed by atoms with Crippen molar-refractivity contribution in [2.24, 2.45) is 4.99 Å². The summed E-state index contributed by atoms with van der Waals surface area (Å²) >= 11 is 0. The molecule has 0 aliphatic rings. The summed E-state index contributed by atoms with van der Waals surface area (Å²) in [5, 5.41) is 11.1. The zero-order chi connectivity index (χ0) is 17.3. The van der Waals surface area contributed by atoms with E-state index in [9.17, 15) is 0 Å². The highest BCUT2D eigenvalue weighted by Crippen LogP contribution is 2.03. The lowest BCUT2D eigenvalue weighted by molar-refractivity contribution is 0.665. The van der Waals surface area contributed by atoms with Crippen LogP contribution in [-0.2, 0) is 19.6 Å². The second kappa shape index (κ2) is 10.6. The summed E-state index contributed by atoms with van der Waals surface area (Å²) in [6, 6.07) is 14.4. The van der Waals surface area contributed by atoms with Crippen molar-refractivity contribution in [3.8, 4) is 0 Å². The van der Waals surface area contributed by atoms with E-state index in [0.29, 0.717) is 6.54 Å². The van der Waals surface area contributed by atoms with Crippen LogP contribution in [0, 0.1) is 0 Å². The number of hydrogen-bond donors (Lipinski definition) is 2. The maximum absolute atomic E-state index is 4.42. The van der Waals surface area contributed by atoms with Gasteiger partial charge in [-0.3, -0.25) is 9.67 Å². The Kier molecular flexibility index (Phi) is 8.20. The van der Waals surface area contributed by atoms with Gasteiger partial charge in [-0.05, 0) is 17.7 Å². The van der Waals surface area contributed by atoms with Crippen LogP contribution in [0.4, 0.5) is 0 Å². The monoisotopic (exact) mass is 464 g/mol. The zero-order valence-corrected chi connectivity index (χ0v) is 17.2. The van der Waals surface area contributed by atoms with Gasteiger partial charge in [0.1, 0.15) is 0 Å². The van der Waals surface area contributed by atoms with Crippen molar-refractivity contribution < 1.29 is 0 Å². The molecule has 138 valence electrons. The van der Waals surface area contributed by atoms with E-state index in [1.807, 2.05) is 41.2 Å². The number of guanidine groups is 1. The summed E-state index contributed by atoms with van der Waals surface area (Å²) in [5.41, 5.74) is 2.37. The van der Waals surface area contributed by atoms with Gasteiger partial charge in [0.15, 0.2) is 5.96 Å². The fourth-order valence-electron chi connectivity index (χ4n) is 2.58. The fraction of sp³-hybridized carbons (Fsp3) is 0.263. The van der Waals surface area contributed by atoms with Gasteiger partial charge >= 0.3 is 0 Å². The first-order valence-corrected chi connectivity index (χ1v) is 8.44. The summed E-state index contributed by atoms with van der Waals surface area (Å²) in [6.45, 7) is 3.20. The lowest BCUT2D eigenvalue weighted by Crippen LogP contribution is -2.38. The van der Waals surface area contributed by atoms with E-state index in [4.69, 9.17) is 0 Å². The Bertz CT molecular complexity index is 779. The molecule has 0 saturated carbocycles. The predicted molar refractivity (Wildman–Crippen MR) is 116 cm³/mol. The van der Waals surface area contributed by atoms with Gasteiger partial charge in [-0.25, -0.2) is 0 Å². The molecule has 2 N–H and O–H groups in total. The molecule has 0 fully saturated rings. The summed E-state index contributed by atoms with van der Waals surface area (Å²) in [6.07, 6.45) is 8.06. The van der Waals surface area contributed by atoms with E-state index >= 15 is 0 Å². The molecule has 26 heavy (non-hydrogen) atoms. The SMILES string of the molecule is CN=C(NCCn1cccc1)NCc1cnn(Cc2ccccc2)c1.I. The van der Waals surface area contributed by atoms with Crippen molar-refractivity contribution in [1.82, 2.24) is 25.0 Å². The fourth-order valence-corrected chi connectivity index (χ4v) is 2.58. The molecule has 0 aliphatic carbocycles. The number of aliphatic imine (C=N–C) groups is 1. The topological polar surface area (TPSA) is 59.2 Å². The van der Waals surface area contributed by atoms with Crippen LogP contribution in [0.1, 0.15) is 11.1 Å². The van der Waals surface area contributed by atoms with Crippen LogP contribution in [0.3, 0.4) is 0 Å². The Morgan fingerprint density at radius 1 is 1.04 bits per heavy atom. The van der Waals surface area contributed by atoms with Crippen molar-refractivity contribution >= 4 is 29.9 Å². The van der Waals surface area contributed by atoms with Crippen LogP contribution >= 0.6 is 24.0 Å². The molecule has 2 heterocycles. The first-order chi connectivity index (χ1) is 12.3. The van der Waals surface area contributed by atoms with Crippen molar-refractivity contribution in [3.05, 3.63) is 78.4 Å². The molecule has 2 aromatic heterocycles. The normalized spacial score (nSPS) is 11.0. The highest BCUT2D eigenvalue weighted by Gasteiger charge is 2.02. The van der Waals surface area contributed by atoms with E-state index in [2.05, 4.69) is 56.0 Å². The van der Waals surface area contributed by atoms with E-state index in [-0.39, 0.29) is 24.0 Å². The van der Waals surface area contributed by atoms with Gasteiger partial charge in [0, 0.05) is 50.8 Å². The Morgan fingerprint density at radius 3 is 2.54 bits per heavy atom. The number of nitrogens with zero attached hydrogens (tertiary/aromatic N) is 4. The van der Waals surface area contributed by atoms with Crippen molar-refractivity contribution in [2.45, 2.75) is 19.6 Å². The lowest BCUT2D eigenvalue weighted by Gasteiger charge is -2.11. The third-order valence-electron chi connectivity index (χ3n) is 3.89. The second-order valence-electron chi connectivity index (χ2n) is 5.81. The average Bonchev–Trinajstić information content (AvgIpc) is 3.31. The minimum Gasteiger partial charge on any atom is -0.355 e. The van der Waals surface area contributed by atoms with Crippen molar-refractivity contribution in [1.29, 1.82) is 0 Å².